The van der Waals surface area contributed by atoms with Gasteiger partial charge >= 0.3 is 13.5 Å². The van der Waals surface area contributed by atoms with Crippen LogP contribution in [0.15, 0.2) is 21.9 Å². The third-order valence-electron chi connectivity index (χ3n) is 4.10. The predicted molar refractivity (Wildman–Crippen MR) is 90.3 cm³/mol. The Labute approximate surface area is 145 Å². The molecule has 3 unspecified atom stereocenters. The molecule has 142 valence electrons. The lowest BCUT2D eigenvalue weighted by atomic mass is 10.3. The Balaban J connectivity index is 1.89. The van der Waals surface area contributed by atoms with Gasteiger partial charge in [-0.25, -0.2) is 9.36 Å². The summed E-state index contributed by atoms with van der Waals surface area (Å²) in [6.07, 6.45) is 3.89. The van der Waals surface area contributed by atoms with E-state index in [9.17, 15) is 19.0 Å². The molecular weight excluding hydrogens is 351 g/mol. The number of hydrogen-bond donors (Lipinski definition) is 2. The van der Waals surface area contributed by atoms with Crippen molar-refractivity contribution in [1.82, 2.24) is 9.55 Å². The highest BCUT2D eigenvalue weighted by Gasteiger charge is 2.30. The predicted octanol–water partition coefficient (Wildman–Crippen LogP) is 1.93. The molecule has 0 spiro atoms. The molecule has 1 aromatic heterocycles. The Morgan fingerprint density at radius 3 is 2.68 bits per heavy atom. The van der Waals surface area contributed by atoms with E-state index in [0.717, 1.165) is 25.7 Å². The Bertz CT molecular complexity index is 710. The van der Waals surface area contributed by atoms with Crippen LogP contribution in [-0.4, -0.2) is 33.3 Å². The summed E-state index contributed by atoms with van der Waals surface area (Å²) in [5.41, 5.74) is -1.08. The van der Waals surface area contributed by atoms with Crippen molar-refractivity contribution in [1.29, 1.82) is 0 Å². The van der Waals surface area contributed by atoms with Gasteiger partial charge < -0.3 is 9.63 Å². The molecular formula is C15H25N2O7P. The molecule has 3 atom stereocenters. The largest absolute Gasteiger partial charge is 0.472 e. The molecule has 25 heavy (non-hydrogen) atoms. The van der Waals surface area contributed by atoms with Crippen LogP contribution in [0.25, 0.3) is 0 Å². The summed E-state index contributed by atoms with van der Waals surface area (Å²) in [4.78, 5) is 34.8. The maximum Gasteiger partial charge on any atom is 0.472 e. The summed E-state index contributed by atoms with van der Waals surface area (Å²) >= 11 is 0. The van der Waals surface area contributed by atoms with Crippen molar-refractivity contribution in [2.24, 2.45) is 0 Å². The normalized spacial score (nSPS) is 20.3. The van der Waals surface area contributed by atoms with Gasteiger partial charge in [-0.1, -0.05) is 19.8 Å². The molecule has 2 N–H and O–H groups in total. The van der Waals surface area contributed by atoms with Crippen LogP contribution in [0.1, 0.15) is 52.2 Å². The van der Waals surface area contributed by atoms with Crippen LogP contribution in [0.4, 0.5) is 0 Å². The van der Waals surface area contributed by atoms with Crippen LogP contribution in [0, 0.1) is 0 Å². The van der Waals surface area contributed by atoms with Gasteiger partial charge in [-0.05, 0) is 26.2 Å². The topological polar surface area (TPSA) is 120 Å². The standard InChI is InChI=1S/C15H25N2O7P/c1-3-12(10-22-25(20,21)24-13-6-4-5-7-13)23-11(2)17-9-8-14(18)16-15(17)19/h8-9,11-13H,3-7,10H2,1-2H3,(H,20,21)(H,16,18,19). The molecule has 1 saturated carbocycles. The van der Waals surface area contributed by atoms with Gasteiger partial charge in [-0.3, -0.25) is 23.4 Å². The van der Waals surface area contributed by atoms with Gasteiger partial charge in [0.25, 0.3) is 5.56 Å². The van der Waals surface area contributed by atoms with Crippen LogP contribution in [-0.2, 0) is 18.3 Å². The molecule has 1 fully saturated rings. The first-order valence-electron chi connectivity index (χ1n) is 8.43. The molecule has 0 radical (unpaired) electrons. The minimum absolute atomic E-state index is 0.139. The number of aromatic amines is 1. The minimum Gasteiger partial charge on any atom is -0.353 e. The van der Waals surface area contributed by atoms with Crippen LogP contribution >= 0.6 is 7.82 Å². The number of H-pyrrole nitrogens is 1. The zero-order valence-electron chi connectivity index (χ0n) is 14.4. The van der Waals surface area contributed by atoms with Gasteiger partial charge in [0.15, 0.2) is 0 Å². The molecule has 0 amide bonds. The van der Waals surface area contributed by atoms with E-state index in [1.165, 1.54) is 16.8 Å². The van der Waals surface area contributed by atoms with E-state index >= 15 is 0 Å². The number of aromatic nitrogens is 2. The fourth-order valence-electron chi connectivity index (χ4n) is 2.70. The second-order valence-corrected chi connectivity index (χ2v) is 7.47. The van der Waals surface area contributed by atoms with E-state index in [4.69, 9.17) is 13.8 Å². The molecule has 0 aromatic carbocycles. The summed E-state index contributed by atoms with van der Waals surface area (Å²) in [6.45, 7) is 3.33. The van der Waals surface area contributed by atoms with Crippen molar-refractivity contribution in [2.75, 3.05) is 6.61 Å². The number of hydrogen-bond acceptors (Lipinski definition) is 6. The number of phosphoric ester groups is 1. The van der Waals surface area contributed by atoms with Crippen LogP contribution in [0.3, 0.4) is 0 Å². The first-order valence-corrected chi connectivity index (χ1v) is 9.93. The van der Waals surface area contributed by atoms with Crippen LogP contribution in [0.5, 0.6) is 0 Å². The monoisotopic (exact) mass is 376 g/mol. The maximum atomic E-state index is 12.0. The Morgan fingerprint density at radius 2 is 2.08 bits per heavy atom. The second kappa shape index (κ2) is 8.91. The Hall–Kier alpha value is -1.25. The zero-order chi connectivity index (χ0) is 18.4. The number of rotatable bonds is 9. The van der Waals surface area contributed by atoms with Crippen molar-refractivity contribution >= 4 is 7.82 Å². The molecule has 0 aliphatic heterocycles. The first-order chi connectivity index (χ1) is 11.8. The van der Waals surface area contributed by atoms with Gasteiger partial charge in [-0.2, -0.15) is 0 Å². The Kier molecular flexibility index (Phi) is 7.15. The fourth-order valence-corrected chi connectivity index (χ4v) is 3.70. The SMILES string of the molecule is CCC(COP(=O)(O)OC1CCCC1)OC(C)n1ccc(=O)[nH]c1=O. The van der Waals surface area contributed by atoms with E-state index in [-0.39, 0.29) is 12.7 Å². The first kappa shape index (κ1) is 20.1. The van der Waals surface area contributed by atoms with Crippen LogP contribution in [0.2, 0.25) is 0 Å². The van der Waals surface area contributed by atoms with Gasteiger partial charge in [-0.15, -0.1) is 0 Å². The van der Waals surface area contributed by atoms with E-state index in [2.05, 4.69) is 4.98 Å². The van der Waals surface area contributed by atoms with Crippen molar-refractivity contribution < 1.29 is 23.2 Å². The molecule has 10 heteroatoms. The van der Waals surface area contributed by atoms with E-state index in [0.29, 0.717) is 6.42 Å². The molecule has 0 saturated heterocycles. The summed E-state index contributed by atoms with van der Waals surface area (Å²) in [5.74, 6) is 0. The van der Waals surface area contributed by atoms with Crippen molar-refractivity contribution in [3.8, 4) is 0 Å². The number of ether oxygens (including phenoxy) is 1. The fraction of sp³-hybridized carbons (Fsp3) is 0.733. The van der Waals surface area contributed by atoms with Gasteiger partial charge in [0, 0.05) is 12.3 Å². The average Bonchev–Trinajstić information content (AvgIpc) is 3.03. The molecule has 1 aliphatic rings. The quantitative estimate of drug-likeness (QED) is 0.632. The average molecular weight is 376 g/mol. The highest BCUT2D eigenvalue weighted by atomic mass is 31.2. The van der Waals surface area contributed by atoms with Crippen LogP contribution < -0.4 is 11.2 Å². The van der Waals surface area contributed by atoms with Crippen molar-refractivity contribution in [3.63, 3.8) is 0 Å². The summed E-state index contributed by atoms with van der Waals surface area (Å²) in [6, 6.07) is 1.22. The third-order valence-corrected chi connectivity index (χ3v) is 5.14. The minimum atomic E-state index is -4.14. The van der Waals surface area contributed by atoms with Gasteiger partial charge in [0.1, 0.15) is 6.23 Å². The summed E-state index contributed by atoms with van der Waals surface area (Å²) in [5, 5.41) is 0. The lowest BCUT2D eigenvalue weighted by Gasteiger charge is -2.24. The molecule has 1 aromatic rings. The van der Waals surface area contributed by atoms with Crippen molar-refractivity contribution in [3.05, 3.63) is 33.1 Å². The number of phosphoric acid groups is 1. The molecule has 0 bridgehead atoms. The van der Waals surface area contributed by atoms with E-state index < -0.39 is 31.4 Å². The molecule has 1 heterocycles. The van der Waals surface area contributed by atoms with Gasteiger partial charge in [0.05, 0.1) is 18.8 Å². The number of nitrogens with zero attached hydrogens (tertiary/aromatic N) is 1. The third kappa shape index (κ3) is 6.20. The van der Waals surface area contributed by atoms with Gasteiger partial charge in [0.2, 0.25) is 0 Å². The lowest BCUT2D eigenvalue weighted by Crippen LogP contribution is -2.33. The summed E-state index contributed by atoms with van der Waals surface area (Å²) < 4.78 is 29.1. The number of nitrogens with one attached hydrogen (secondary N) is 1. The highest BCUT2D eigenvalue weighted by Crippen LogP contribution is 2.47. The van der Waals surface area contributed by atoms with E-state index in [1.807, 2.05) is 6.92 Å². The highest BCUT2D eigenvalue weighted by molar-refractivity contribution is 7.47. The Morgan fingerprint density at radius 1 is 1.40 bits per heavy atom. The molecule has 1 aliphatic carbocycles. The zero-order valence-corrected chi connectivity index (χ0v) is 15.3. The molecule has 9 nitrogen and oxygen atoms in total. The molecule has 2 rings (SSSR count). The van der Waals surface area contributed by atoms with E-state index in [1.54, 1.807) is 6.92 Å². The summed E-state index contributed by atoms with van der Waals surface area (Å²) in [7, 11) is -4.14. The maximum absolute atomic E-state index is 12.0. The van der Waals surface area contributed by atoms with Crippen molar-refractivity contribution in [2.45, 2.75) is 64.4 Å². The lowest BCUT2D eigenvalue weighted by molar-refractivity contribution is -0.0692. The smallest absolute Gasteiger partial charge is 0.353 e. The second-order valence-electron chi connectivity index (χ2n) is 6.06.